The summed E-state index contributed by atoms with van der Waals surface area (Å²) < 4.78 is 23.3. The van der Waals surface area contributed by atoms with E-state index in [-0.39, 0.29) is 12.8 Å². The fourth-order valence-corrected chi connectivity index (χ4v) is 0.808. The molecule has 0 spiro atoms. The molecule has 0 bridgehead atoms. The highest BCUT2D eigenvalue weighted by Gasteiger charge is 2.52. The summed E-state index contributed by atoms with van der Waals surface area (Å²) in [5.74, 6) is -2.77. The molecule has 1 fully saturated rings. The van der Waals surface area contributed by atoms with Gasteiger partial charge in [0.1, 0.15) is 5.54 Å². The number of rotatable bonds is 3. The zero-order valence-electron chi connectivity index (χ0n) is 6.01. The van der Waals surface area contributed by atoms with Gasteiger partial charge in [0.15, 0.2) is 0 Å². The van der Waals surface area contributed by atoms with Crippen molar-refractivity contribution in [2.75, 3.05) is 0 Å². The average Bonchev–Trinajstić information content (AvgIpc) is 2.68. The maximum atomic E-state index is 11.6. The first-order chi connectivity index (χ1) is 5.48. The van der Waals surface area contributed by atoms with E-state index >= 15 is 0 Å². The van der Waals surface area contributed by atoms with Gasteiger partial charge >= 0.3 is 12.4 Å². The van der Waals surface area contributed by atoms with Gasteiger partial charge in [-0.25, -0.2) is 4.79 Å². The number of halogens is 2. The largest absolute Gasteiger partial charge is 0.480 e. The second kappa shape index (κ2) is 2.69. The van der Waals surface area contributed by atoms with E-state index < -0.39 is 23.8 Å². The Morgan fingerprint density at radius 3 is 2.17 bits per heavy atom. The molecule has 0 aliphatic heterocycles. The molecule has 1 aliphatic rings. The van der Waals surface area contributed by atoms with Gasteiger partial charge in [0.25, 0.3) is 5.91 Å². The topological polar surface area (TPSA) is 66.4 Å². The molecule has 12 heavy (non-hydrogen) atoms. The van der Waals surface area contributed by atoms with E-state index in [0.29, 0.717) is 0 Å². The first-order valence-corrected chi connectivity index (χ1v) is 3.31. The van der Waals surface area contributed by atoms with Gasteiger partial charge in [0.2, 0.25) is 0 Å². The zero-order valence-corrected chi connectivity index (χ0v) is 6.01. The second-order valence-corrected chi connectivity index (χ2v) is 2.68. The molecule has 0 heterocycles. The number of nitrogens with one attached hydrogen (secondary N) is 1. The highest BCUT2D eigenvalue weighted by atomic mass is 19.3. The molecule has 0 aromatic rings. The van der Waals surface area contributed by atoms with Crippen LogP contribution in [0.15, 0.2) is 0 Å². The molecule has 0 radical (unpaired) electrons. The summed E-state index contributed by atoms with van der Waals surface area (Å²) in [5, 5.41) is 10.3. The molecule has 0 aromatic carbocycles. The van der Waals surface area contributed by atoms with Crippen LogP contribution in [0.1, 0.15) is 12.8 Å². The fourth-order valence-electron chi connectivity index (χ4n) is 0.808. The third-order valence-corrected chi connectivity index (χ3v) is 1.72. The predicted molar refractivity (Wildman–Crippen MR) is 33.7 cm³/mol. The van der Waals surface area contributed by atoms with Crippen LogP contribution in [0.3, 0.4) is 0 Å². The quantitative estimate of drug-likeness (QED) is 0.640. The van der Waals surface area contributed by atoms with E-state index in [4.69, 9.17) is 5.11 Å². The molecule has 2 N–H and O–H groups in total. The van der Waals surface area contributed by atoms with Gasteiger partial charge in [-0.05, 0) is 12.8 Å². The molecule has 1 rings (SSSR count). The summed E-state index contributed by atoms with van der Waals surface area (Å²) in [4.78, 5) is 20.8. The first kappa shape index (κ1) is 8.89. The van der Waals surface area contributed by atoms with Gasteiger partial charge in [0.05, 0.1) is 0 Å². The van der Waals surface area contributed by atoms with Crippen molar-refractivity contribution in [3.8, 4) is 0 Å². The molecule has 0 aromatic heterocycles. The maximum absolute atomic E-state index is 11.6. The van der Waals surface area contributed by atoms with Gasteiger partial charge < -0.3 is 10.4 Å². The van der Waals surface area contributed by atoms with Crippen molar-refractivity contribution in [1.82, 2.24) is 5.32 Å². The normalized spacial score (nSPS) is 18.9. The van der Waals surface area contributed by atoms with Crippen LogP contribution in [0.4, 0.5) is 8.78 Å². The molecule has 1 saturated carbocycles. The number of carboxylic acids is 1. The second-order valence-electron chi connectivity index (χ2n) is 2.68. The predicted octanol–water partition coefficient (Wildman–Crippen LogP) is -0.0151. The van der Waals surface area contributed by atoms with Crippen molar-refractivity contribution in [3.05, 3.63) is 0 Å². The summed E-state index contributed by atoms with van der Waals surface area (Å²) >= 11 is 0. The molecule has 1 aliphatic carbocycles. The zero-order chi connectivity index (χ0) is 9.35. The van der Waals surface area contributed by atoms with E-state index in [9.17, 15) is 18.4 Å². The molecule has 68 valence electrons. The summed E-state index contributed by atoms with van der Waals surface area (Å²) in [5.41, 5.74) is -1.41. The third-order valence-electron chi connectivity index (χ3n) is 1.72. The average molecular weight is 179 g/mol. The Labute approximate surface area is 66.6 Å². The summed E-state index contributed by atoms with van der Waals surface area (Å²) in [6, 6.07) is 0. The van der Waals surface area contributed by atoms with Gasteiger partial charge in [-0.1, -0.05) is 0 Å². The van der Waals surface area contributed by atoms with Crippen LogP contribution >= 0.6 is 0 Å². The molecule has 0 unspecified atom stereocenters. The first-order valence-electron chi connectivity index (χ1n) is 3.31. The molecule has 6 heteroatoms. The van der Waals surface area contributed by atoms with Crippen molar-refractivity contribution in [2.45, 2.75) is 24.8 Å². The van der Waals surface area contributed by atoms with Crippen molar-refractivity contribution in [2.24, 2.45) is 0 Å². The van der Waals surface area contributed by atoms with Crippen LogP contribution in [-0.4, -0.2) is 28.9 Å². The summed E-state index contributed by atoms with van der Waals surface area (Å²) in [6.45, 7) is 0. The highest BCUT2D eigenvalue weighted by molar-refractivity contribution is 5.90. The number of carbonyl (C=O) groups is 2. The lowest BCUT2D eigenvalue weighted by molar-refractivity contribution is -0.145. The fraction of sp³-hybridized carbons (Fsp3) is 0.667. The minimum absolute atomic E-state index is 0.223. The Morgan fingerprint density at radius 2 is 1.92 bits per heavy atom. The van der Waals surface area contributed by atoms with Gasteiger partial charge in [-0.2, -0.15) is 8.78 Å². The smallest absolute Gasteiger partial charge is 0.329 e. The minimum atomic E-state index is -3.15. The van der Waals surface area contributed by atoms with Crippen LogP contribution < -0.4 is 5.32 Å². The van der Waals surface area contributed by atoms with E-state index in [2.05, 4.69) is 0 Å². The van der Waals surface area contributed by atoms with Crippen molar-refractivity contribution in [1.29, 1.82) is 0 Å². The Balaban J connectivity index is 2.51. The highest BCUT2D eigenvalue weighted by Crippen LogP contribution is 2.35. The lowest BCUT2D eigenvalue weighted by Crippen LogP contribution is -2.45. The number of aliphatic carboxylic acids is 1. The van der Waals surface area contributed by atoms with Crippen LogP contribution in [0.25, 0.3) is 0 Å². The Morgan fingerprint density at radius 1 is 1.42 bits per heavy atom. The number of carbonyl (C=O) groups excluding carboxylic acids is 1. The van der Waals surface area contributed by atoms with E-state index in [1.165, 1.54) is 0 Å². The molecular formula is C6H7F2NO3. The summed E-state index contributed by atoms with van der Waals surface area (Å²) in [7, 11) is 0. The number of hydrogen-bond donors (Lipinski definition) is 2. The lowest BCUT2D eigenvalue weighted by Gasteiger charge is -2.10. The van der Waals surface area contributed by atoms with E-state index in [0.717, 1.165) is 0 Å². The van der Waals surface area contributed by atoms with Gasteiger partial charge in [0, 0.05) is 0 Å². The van der Waals surface area contributed by atoms with Gasteiger partial charge in [-0.3, -0.25) is 4.79 Å². The van der Waals surface area contributed by atoms with Crippen LogP contribution in [0.2, 0.25) is 0 Å². The van der Waals surface area contributed by atoms with E-state index in [1.807, 2.05) is 0 Å². The van der Waals surface area contributed by atoms with Crippen molar-refractivity contribution in [3.63, 3.8) is 0 Å². The standard InChI is InChI=1S/C6H7F2NO3/c7-3(8)4(10)9-6(1-2-6)5(11)12/h3H,1-2H2,(H,9,10)(H,11,12). The number of alkyl halides is 2. The molecule has 0 atom stereocenters. The van der Waals surface area contributed by atoms with Crippen LogP contribution in [0, 0.1) is 0 Å². The Hall–Kier alpha value is -1.20. The molecular weight excluding hydrogens is 172 g/mol. The summed E-state index contributed by atoms with van der Waals surface area (Å²) in [6.07, 6.45) is -2.71. The Bertz CT molecular complexity index is 225. The van der Waals surface area contributed by atoms with Crippen LogP contribution in [0.5, 0.6) is 0 Å². The number of hydrogen-bond acceptors (Lipinski definition) is 2. The number of amides is 1. The van der Waals surface area contributed by atoms with Gasteiger partial charge in [-0.15, -0.1) is 0 Å². The minimum Gasteiger partial charge on any atom is -0.480 e. The Kier molecular flexibility index (Phi) is 1.99. The molecule has 4 nitrogen and oxygen atoms in total. The van der Waals surface area contributed by atoms with Crippen molar-refractivity contribution >= 4 is 11.9 Å². The van der Waals surface area contributed by atoms with Crippen LogP contribution in [-0.2, 0) is 9.59 Å². The molecule has 1 amide bonds. The van der Waals surface area contributed by atoms with Crippen molar-refractivity contribution < 1.29 is 23.5 Å². The number of carboxylic acid groups (broad SMARTS) is 1. The lowest BCUT2D eigenvalue weighted by atomic mass is 10.3. The maximum Gasteiger partial charge on any atom is 0.329 e. The van der Waals surface area contributed by atoms with E-state index in [1.54, 1.807) is 5.32 Å². The SMILES string of the molecule is O=C(NC1(C(=O)O)CC1)C(F)F. The molecule has 0 saturated heterocycles. The monoisotopic (exact) mass is 179 g/mol. The third kappa shape index (κ3) is 1.51.